The zero-order chi connectivity index (χ0) is 23.9. The number of hydrogen-bond donors (Lipinski definition) is 1. The minimum absolute atomic E-state index is 0.0197. The Labute approximate surface area is 206 Å². The molecule has 2 saturated heterocycles. The maximum Gasteiger partial charge on any atom is 0.407 e. The topological polar surface area (TPSA) is 70.7 Å². The van der Waals surface area contributed by atoms with Crippen molar-refractivity contribution >= 4 is 12.1 Å². The molecule has 4 rings (SSSR count). The lowest BCUT2D eigenvalue weighted by Crippen LogP contribution is -2.42. The molecule has 8 atom stereocenters. The molecule has 8 unspecified atom stereocenters. The molecule has 4 aliphatic rings. The monoisotopic (exact) mass is 477 g/mol. The number of hydrogen-bond acceptors (Lipinski definition) is 6. The SMILES string of the molecule is CC1CN1C1CCCCC1OC(=O)CCCCCCCNC(=O)OC1CCCCC1N1CC1C. The van der Waals surface area contributed by atoms with Gasteiger partial charge in [0.15, 0.2) is 0 Å². The van der Waals surface area contributed by atoms with Crippen LogP contribution in [0.2, 0.25) is 0 Å². The molecule has 0 radical (unpaired) electrons. The number of carbonyl (C=O) groups is 2. The first kappa shape index (κ1) is 25.7. The number of rotatable bonds is 12. The van der Waals surface area contributed by atoms with E-state index in [-0.39, 0.29) is 24.3 Å². The standard InChI is InChI=1S/C27H47N3O4/c1-20-18-29(20)22-12-7-9-14-24(22)33-26(31)16-6-4-3-5-11-17-28-27(32)34-25-15-10-8-13-23(25)30-19-21(30)2/h20-25H,3-19H2,1-2H3,(H,28,32). The molecule has 2 saturated carbocycles. The van der Waals surface area contributed by atoms with Crippen LogP contribution in [-0.2, 0) is 14.3 Å². The zero-order valence-corrected chi connectivity index (χ0v) is 21.5. The van der Waals surface area contributed by atoms with Crippen LogP contribution in [0.1, 0.15) is 104 Å². The Bertz CT molecular complexity index is 618. The van der Waals surface area contributed by atoms with E-state index in [2.05, 4.69) is 29.0 Å². The van der Waals surface area contributed by atoms with E-state index >= 15 is 0 Å². The van der Waals surface area contributed by atoms with Gasteiger partial charge in [0.2, 0.25) is 0 Å². The second kappa shape index (κ2) is 12.6. The minimum Gasteiger partial charge on any atom is -0.461 e. The minimum atomic E-state index is -0.257. The van der Waals surface area contributed by atoms with Crippen molar-refractivity contribution in [3.63, 3.8) is 0 Å². The van der Waals surface area contributed by atoms with Crippen LogP contribution in [0.3, 0.4) is 0 Å². The molecule has 1 amide bonds. The summed E-state index contributed by atoms with van der Waals surface area (Å²) in [5, 5.41) is 2.94. The third-order valence-corrected chi connectivity index (χ3v) is 8.37. The largest absolute Gasteiger partial charge is 0.461 e. The van der Waals surface area contributed by atoms with E-state index in [1.165, 1.54) is 25.7 Å². The van der Waals surface area contributed by atoms with Gasteiger partial charge in [0, 0.05) is 50.2 Å². The Balaban J connectivity index is 0.997. The maximum atomic E-state index is 12.3. The zero-order valence-electron chi connectivity index (χ0n) is 21.5. The van der Waals surface area contributed by atoms with Gasteiger partial charge in [0.1, 0.15) is 12.2 Å². The number of esters is 1. The first-order valence-electron chi connectivity index (χ1n) is 14.2. The lowest BCUT2D eigenvalue weighted by Gasteiger charge is -2.32. The predicted molar refractivity (Wildman–Crippen MR) is 133 cm³/mol. The van der Waals surface area contributed by atoms with Gasteiger partial charge in [-0.25, -0.2) is 4.79 Å². The van der Waals surface area contributed by atoms with Gasteiger partial charge in [-0.1, -0.05) is 32.1 Å². The van der Waals surface area contributed by atoms with Crippen molar-refractivity contribution in [1.29, 1.82) is 0 Å². The van der Waals surface area contributed by atoms with E-state index < -0.39 is 0 Å². The van der Waals surface area contributed by atoms with Crippen LogP contribution in [0.5, 0.6) is 0 Å². The van der Waals surface area contributed by atoms with Crippen molar-refractivity contribution in [1.82, 2.24) is 15.1 Å². The fourth-order valence-corrected chi connectivity index (χ4v) is 6.15. The molecule has 7 heteroatoms. The summed E-state index contributed by atoms with van der Waals surface area (Å²) < 4.78 is 11.6. The highest BCUT2D eigenvalue weighted by molar-refractivity contribution is 5.69. The summed E-state index contributed by atoms with van der Waals surface area (Å²) in [5.41, 5.74) is 0. The average Bonchev–Trinajstić information content (AvgIpc) is 3.74. The van der Waals surface area contributed by atoms with Gasteiger partial charge in [-0.05, 0) is 65.2 Å². The number of carbonyl (C=O) groups excluding carboxylic acids is 2. The Kier molecular flexibility index (Phi) is 9.52. The molecule has 2 aliphatic carbocycles. The number of amides is 1. The number of nitrogens with one attached hydrogen (secondary N) is 1. The molecule has 0 spiro atoms. The van der Waals surface area contributed by atoms with Crippen LogP contribution >= 0.6 is 0 Å². The van der Waals surface area contributed by atoms with E-state index in [1.54, 1.807) is 0 Å². The smallest absolute Gasteiger partial charge is 0.407 e. The number of unbranched alkanes of at least 4 members (excludes halogenated alkanes) is 4. The maximum absolute atomic E-state index is 12.3. The molecule has 1 N–H and O–H groups in total. The van der Waals surface area contributed by atoms with Gasteiger partial charge in [-0.3, -0.25) is 14.6 Å². The first-order chi connectivity index (χ1) is 16.5. The van der Waals surface area contributed by atoms with Crippen molar-refractivity contribution in [3.8, 4) is 0 Å². The lowest BCUT2D eigenvalue weighted by atomic mass is 9.92. The molecule has 7 nitrogen and oxygen atoms in total. The molecule has 2 heterocycles. The summed E-state index contributed by atoms with van der Waals surface area (Å²) in [4.78, 5) is 29.5. The van der Waals surface area contributed by atoms with E-state index in [0.29, 0.717) is 37.1 Å². The summed E-state index contributed by atoms with van der Waals surface area (Å²) >= 11 is 0. The van der Waals surface area contributed by atoms with Gasteiger partial charge < -0.3 is 14.8 Å². The van der Waals surface area contributed by atoms with Crippen LogP contribution in [-0.4, -0.2) is 77.9 Å². The lowest BCUT2D eigenvalue weighted by molar-refractivity contribution is -0.153. The second-order valence-electron chi connectivity index (χ2n) is 11.2. The molecule has 194 valence electrons. The molecule has 4 fully saturated rings. The fourth-order valence-electron chi connectivity index (χ4n) is 6.15. The van der Waals surface area contributed by atoms with Crippen molar-refractivity contribution in [2.75, 3.05) is 19.6 Å². The Morgan fingerprint density at radius 3 is 1.82 bits per heavy atom. The highest BCUT2D eigenvalue weighted by Crippen LogP contribution is 2.34. The highest BCUT2D eigenvalue weighted by Gasteiger charge is 2.43. The average molecular weight is 478 g/mol. The van der Waals surface area contributed by atoms with Crippen LogP contribution in [0.25, 0.3) is 0 Å². The van der Waals surface area contributed by atoms with Gasteiger partial charge in [-0.15, -0.1) is 0 Å². The van der Waals surface area contributed by atoms with Crippen molar-refractivity contribution in [2.45, 2.75) is 140 Å². The summed E-state index contributed by atoms with van der Waals surface area (Å²) in [5.74, 6) is -0.0197. The van der Waals surface area contributed by atoms with Crippen LogP contribution in [0, 0.1) is 0 Å². The van der Waals surface area contributed by atoms with E-state index in [4.69, 9.17) is 9.47 Å². The van der Waals surface area contributed by atoms with Gasteiger partial charge in [0.05, 0.1) is 0 Å². The predicted octanol–water partition coefficient (Wildman–Crippen LogP) is 4.63. The summed E-state index contributed by atoms with van der Waals surface area (Å²) in [6, 6.07) is 2.17. The molecular weight excluding hydrogens is 430 g/mol. The van der Waals surface area contributed by atoms with Crippen molar-refractivity contribution < 1.29 is 19.1 Å². The molecule has 2 aliphatic heterocycles. The van der Waals surface area contributed by atoms with Gasteiger partial charge in [-0.2, -0.15) is 0 Å². The fraction of sp³-hybridized carbons (Fsp3) is 0.926. The Morgan fingerprint density at radius 2 is 1.24 bits per heavy atom. The van der Waals surface area contributed by atoms with Crippen LogP contribution in [0.15, 0.2) is 0 Å². The molecule has 0 aromatic carbocycles. The molecule has 0 bridgehead atoms. The number of nitrogens with zero attached hydrogens (tertiary/aromatic N) is 2. The third-order valence-electron chi connectivity index (χ3n) is 8.37. The summed E-state index contributed by atoms with van der Waals surface area (Å²) in [6.07, 6.45) is 14.6. The molecule has 0 aromatic rings. The number of alkyl carbamates (subject to hydrolysis) is 1. The first-order valence-corrected chi connectivity index (χ1v) is 14.2. The molecule has 0 aromatic heterocycles. The third kappa shape index (κ3) is 7.58. The van der Waals surface area contributed by atoms with Gasteiger partial charge in [0.25, 0.3) is 0 Å². The second-order valence-corrected chi connectivity index (χ2v) is 11.2. The molecular formula is C27H47N3O4. The van der Waals surface area contributed by atoms with Gasteiger partial charge >= 0.3 is 12.1 Å². The molecule has 34 heavy (non-hydrogen) atoms. The Hall–Kier alpha value is -1.34. The van der Waals surface area contributed by atoms with E-state index in [1.807, 2.05) is 0 Å². The Morgan fingerprint density at radius 1 is 0.735 bits per heavy atom. The van der Waals surface area contributed by atoms with E-state index in [0.717, 1.165) is 70.9 Å². The van der Waals surface area contributed by atoms with Crippen LogP contribution < -0.4 is 5.32 Å². The van der Waals surface area contributed by atoms with E-state index in [9.17, 15) is 9.59 Å². The summed E-state index contributed by atoms with van der Waals surface area (Å²) in [7, 11) is 0. The summed E-state index contributed by atoms with van der Waals surface area (Å²) in [6.45, 7) is 7.46. The van der Waals surface area contributed by atoms with Crippen LogP contribution in [0.4, 0.5) is 4.79 Å². The normalized spacial score (nSPS) is 37.0. The number of ether oxygens (including phenoxy) is 2. The van der Waals surface area contributed by atoms with Crippen molar-refractivity contribution in [3.05, 3.63) is 0 Å². The van der Waals surface area contributed by atoms with Crippen molar-refractivity contribution in [2.24, 2.45) is 0 Å². The highest BCUT2D eigenvalue weighted by atomic mass is 16.6. The quantitative estimate of drug-likeness (QED) is 0.251.